The van der Waals surface area contributed by atoms with Gasteiger partial charge in [-0.25, -0.2) is 0 Å². The molecule has 1 heterocycles. The molecule has 0 atom stereocenters. The topological polar surface area (TPSA) is 15.8 Å². The molecular formula is C13H17N. The van der Waals surface area contributed by atoms with Crippen LogP contribution in [0.25, 0.3) is 10.9 Å². The van der Waals surface area contributed by atoms with E-state index < -0.39 is 0 Å². The Kier molecular flexibility index (Phi) is 2.32. The van der Waals surface area contributed by atoms with E-state index in [1.54, 1.807) is 0 Å². The van der Waals surface area contributed by atoms with Gasteiger partial charge in [-0.15, -0.1) is 0 Å². The molecule has 0 saturated carbocycles. The number of fused-ring (bicyclic) bond motifs is 1. The molecule has 0 aliphatic heterocycles. The minimum Gasteiger partial charge on any atom is -0.358 e. The fraction of sp³-hybridized carbons (Fsp3) is 0.385. The van der Waals surface area contributed by atoms with E-state index in [0.717, 1.165) is 6.42 Å². The number of rotatable bonds is 2. The summed E-state index contributed by atoms with van der Waals surface area (Å²) in [5.41, 5.74) is 4.06. The Hall–Kier alpha value is -1.24. The van der Waals surface area contributed by atoms with Crippen molar-refractivity contribution in [2.75, 3.05) is 0 Å². The van der Waals surface area contributed by atoms with Crippen molar-refractivity contribution in [1.82, 2.24) is 4.98 Å². The van der Waals surface area contributed by atoms with Gasteiger partial charge in [0.15, 0.2) is 0 Å². The summed E-state index contributed by atoms with van der Waals surface area (Å²) in [4.78, 5) is 3.51. The maximum Gasteiger partial charge on any atom is 0.0488 e. The van der Waals surface area contributed by atoms with Crippen molar-refractivity contribution >= 4 is 10.9 Å². The highest BCUT2D eigenvalue weighted by atomic mass is 14.7. The highest BCUT2D eigenvalue weighted by molar-refractivity contribution is 5.83. The molecule has 1 N–H and O–H groups in total. The molecule has 1 aromatic heterocycles. The SMILES string of the molecule is CCc1cccc2cc(C(C)C)[nH]c12. The van der Waals surface area contributed by atoms with E-state index >= 15 is 0 Å². The second-order valence-corrected chi connectivity index (χ2v) is 4.11. The lowest BCUT2D eigenvalue weighted by molar-refractivity contribution is 0.836. The third-order valence-corrected chi connectivity index (χ3v) is 2.77. The van der Waals surface area contributed by atoms with Gasteiger partial charge < -0.3 is 4.98 Å². The lowest BCUT2D eigenvalue weighted by atomic mass is 10.1. The summed E-state index contributed by atoms with van der Waals surface area (Å²) in [7, 11) is 0. The first-order valence-electron chi connectivity index (χ1n) is 5.33. The van der Waals surface area contributed by atoms with Crippen LogP contribution in [-0.2, 0) is 6.42 Å². The number of nitrogens with one attached hydrogen (secondary N) is 1. The van der Waals surface area contributed by atoms with E-state index in [2.05, 4.69) is 50.0 Å². The Morgan fingerprint density at radius 2 is 2.07 bits per heavy atom. The highest BCUT2D eigenvalue weighted by Crippen LogP contribution is 2.23. The normalized spacial score (nSPS) is 11.4. The molecule has 0 radical (unpaired) electrons. The summed E-state index contributed by atoms with van der Waals surface area (Å²) < 4.78 is 0. The van der Waals surface area contributed by atoms with Crippen molar-refractivity contribution in [3.05, 3.63) is 35.5 Å². The monoisotopic (exact) mass is 187 g/mol. The molecule has 0 amide bonds. The Balaban J connectivity index is 2.64. The molecule has 0 saturated heterocycles. The average molecular weight is 187 g/mol. The van der Waals surface area contributed by atoms with Gasteiger partial charge >= 0.3 is 0 Å². The van der Waals surface area contributed by atoms with Crippen molar-refractivity contribution in [2.45, 2.75) is 33.1 Å². The quantitative estimate of drug-likeness (QED) is 0.735. The summed E-state index contributed by atoms with van der Waals surface area (Å²) in [6.07, 6.45) is 1.09. The Bertz CT molecular complexity index is 437. The van der Waals surface area contributed by atoms with Crippen LogP contribution in [0.4, 0.5) is 0 Å². The zero-order valence-electron chi connectivity index (χ0n) is 9.09. The molecular weight excluding hydrogens is 170 g/mol. The number of H-pyrrole nitrogens is 1. The first-order valence-corrected chi connectivity index (χ1v) is 5.33. The van der Waals surface area contributed by atoms with Crippen LogP contribution in [-0.4, -0.2) is 4.98 Å². The van der Waals surface area contributed by atoms with Crippen LogP contribution >= 0.6 is 0 Å². The largest absolute Gasteiger partial charge is 0.358 e. The number of aryl methyl sites for hydroxylation is 1. The summed E-state index contributed by atoms with van der Waals surface area (Å²) in [5.74, 6) is 0.576. The van der Waals surface area contributed by atoms with Crippen LogP contribution in [0.1, 0.15) is 37.9 Å². The third-order valence-electron chi connectivity index (χ3n) is 2.77. The van der Waals surface area contributed by atoms with Crippen molar-refractivity contribution in [2.24, 2.45) is 0 Å². The second kappa shape index (κ2) is 3.49. The van der Waals surface area contributed by atoms with E-state index in [9.17, 15) is 0 Å². The molecule has 1 nitrogen and oxygen atoms in total. The number of hydrogen-bond acceptors (Lipinski definition) is 0. The fourth-order valence-electron chi connectivity index (χ4n) is 1.85. The summed E-state index contributed by atoms with van der Waals surface area (Å²) in [6, 6.07) is 8.78. The van der Waals surface area contributed by atoms with Crippen LogP contribution in [0.2, 0.25) is 0 Å². The smallest absolute Gasteiger partial charge is 0.0488 e. The van der Waals surface area contributed by atoms with Crippen molar-refractivity contribution in [3.8, 4) is 0 Å². The lowest BCUT2D eigenvalue weighted by Crippen LogP contribution is -1.86. The van der Waals surface area contributed by atoms with Gasteiger partial charge in [-0.3, -0.25) is 0 Å². The molecule has 74 valence electrons. The molecule has 2 rings (SSSR count). The van der Waals surface area contributed by atoms with Crippen LogP contribution in [0.5, 0.6) is 0 Å². The molecule has 0 unspecified atom stereocenters. The van der Waals surface area contributed by atoms with E-state index in [1.807, 2.05) is 0 Å². The molecule has 0 spiro atoms. The minimum absolute atomic E-state index is 0.576. The lowest BCUT2D eigenvalue weighted by Gasteiger charge is -2.00. The fourth-order valence-corrected chi connectivity index (χ4v) is 1.85. The van der Waals surface area contributed by atoms with Crippen molar-refractivity contribution in [1.29, 1.82) is 0 Å². The number of aromatic amines is 1. The highest BCUT2D eigenvalue weighted by Gasteiger charge is 2.06. The Morgan fingerprint density at radius 1 is 1.29 bits per heavy atom. The van der Waals surface area contributed by atoms with Crippen LogP contribution in [0.3, 0.4) is 0 Å². The molecule has 2 aromatic rings. The zero-order chi connectivity index (χ0) is 10.1. The summed E-state index contributed by atoms with van der Waals surface area (Å²) >= 11 is 0. The van der Waals surface area contributed by atoms with Gasteiger partial charge in [-0.05, 0) is 29.4 Å². The molecule has 14 heavy (non-hydrogen) atoms. The number of aromatic nitrogens is 1. The van der Waals surface area contributed by atoms with Crippen LogP contribution < -0.4 is 0 Å². The van der Waals surface area contributed by atoms with Gasteiger partial charge in [0.05, 0.1) is 0 Å². The summed E-state index contributed by atoms with van der Waals surface area (Å²) in [5, 5.41) is 1.34. The Morgan fingerprint density at radius 3 is 2.71 bits per heavy atom. The van der Waals surface area contributed by atoms with Crippen LogP contribution in [0, 0.1) is 0 Å². The third kappa shape index (κ3) is 1.43. The second-order valence-electron chi connectivity index (χ2n) is 4.11. The number of benzene rings is 1. The van der Waals surface area contributed by atoms with Crippen molar-refractivity contribution in [3.63, 3.8) is 0 Å². The van der Waals surface area contributed by atoms with E-state index in [-0.39, 0.29) is 0 Å². The molecule has 0 aliphatic rings. The maximum absolute atomic E-state index is 3.51. The van der Waals surface area contributed by atoms with Gasteiger partial charge in [0.1, 0.15) is 0 Å². The minimum atomic E-state index is 0.576. The summed E-state index contributed by atoms with van der Waals surface area (Å²) in [6.45, 7) is 6.64. The maximum atomic E-state index is 3.51. The standard InChI is InChI=1S/C13H17N/c1-4-10-6-5-7-11-8-12(9(2)3)14-13(10)11/h5-9,14H,4H2,1-3H3. The predicted octanol–water partition coefficient (Wildman–Crippen LogP) is 3.85. The number of hydrogen-bond donors (Lipinski definition) is 1. The first-order chi connectivity index (χ1) is 6.72. The molecule has 1 heteroatoms. The molecule has 1 aromatic carbocycles. The zero-order valence-corrected chi connectivity index (χ0v) is 9.09. The molecule has 0 fully saturated rings. The first kappa shape index (κ1) is 9.32. The molecule has 0 aliphatic carbocycles. The van der Waals surface area contributed by atoms with Gasteiger partial charge in [-0.1, -0.05) is 39.0 Å². The van der Waals surface area contributed by atoms with E-state index in [4.69, 9.17) is 0 Å². The average Bonchev–Trinajstić information content (AvgIpc) is 2.60. The predicted molar refractivity (Wildman–Crippen MR) is 61.8 cm³/mol. The number of para-hydroxylation sites is 1. The van der Waals surface area contributed by atoms with E-state index in [0.29, 0.717) is 5.92 Å². The van der Waals surface area contributed by atoms with E-state index in [1.165, 1.54) is 22.2 Å². The van der Waals surface area contributed by atoms with Gasteiger partial charge in [0, 0.05) is 11.2 Å². The van der Waals surface area contributed by atoms with Crippen molar-refractivity contribution < 1.29 is 0 Å². The van der Waals surface area contributed by atoms with Gasteiger partial charge in [0.25, 0.3) is 0 Å². The van der Waals surface area contributed by atoms with Gasteiger partial charge in [-0.2, -0.15) is 0 Å². The van der Waals surface area contributed by atoms with Crippen LogP contribution in [0.15, 0.2) is 24.3 Å². The molecule has 0 bridgehead atoms. The van der Waals surface area contributed by atoms with Gasteiger partial charge in [0.2, 0.25) is 0 Å². The Labute approximate surface area is 85.1 Å².